The van der Waals surface area contributed by atoms with E-state index in [2.05, 4.69) is 43.5 Å². The van der Waals surface area contributed by atoms with Gasteiger partial charge in [-0.25, -0.2) is 0 Å². The molecule has 0 saturated heterocycles. The zero-order valence-electron chi connectivity index (χ0n) is 19.1. The topological polar surface area (TPSA) is 58.2 Å². The molecule has 0 aliphatic rings. The summed E-state index contributed by atoms with van der Waals surface area (Å²) < 4.78 is 0. The van der Waals surface area contributed by atoms with Crippen LogP contribution >= 0.6 is 0 Å². The van der Waals surface area contributed by atoms with Crippen LogP contribution in [0.25, 0.3) is 6.08 Å². The number of carbonyl (C=O) groups excluding carboxylic acids is 2. The fourth-order valence-electron chi connectivity index (χ4n) is 3.33. The average Bonchev–Trinajstić information content (AvgIpc) is 2.78. The molecule has 164 valence electrons. The molecule has 0 aromatic heterocycles. The van der Waals surface area contributed by atoms with Crippen LogP contribution in [0, 0.1) is 0 Å². The van der Waals surface area contributed by atoms with E-state index >= 15 is 0 Å². The van der Waals surface area contributed by atoms with Gasteiger partial charge in [-0.2, -0.15) is 0 Å². The van der Waals surface area contributed by atoms with Crippen molar-refractivity contribution in [2.45, 2.75) is 39.2 Å². The van der Waals surface area contributed by atoms with Gasteiger partial charge in [0.15, 0.2) is 0 Å². The molecule has 1 atom stereocenters. The molecule has 0 fully saturated rings. The number of carbonyl (C=O) groups is 2. The molecule has 3 aromatic rings. The van der Waals surface area contributed by atoms with E-state index in [4.69, 9.17) is 0 Å². The van der Waals surface area contributed by atoms with E-state index in [1.807, 2.05) is 49.4 Å². The van der Waals surface area contributed by atoms with E-state index in [0.717, 1.165) is 11.1 Å². The molecule has 3 aromatic carbocycles. The lowest BCUT2D eigenvalue weighted by Gasteiger charge is -2.18. The van der Waals surface area contributed by atoms with Crippen LogP contribution in [0.15, 0.2) is 84.9 Å². The SMILES string of the molecule is C[C@@H](NC(=O)c1ccccc1NC(=O)/C=C/c1ccc(C(C)(C)C)cc1)c1ccccc1. The monoisotopic (exact) mass is 426 g/mol. The van der Waals surface area contributed by atoms with Crippen LogP contribution < -0.4 is 10.6 Å². The standard InChI is InChI=1S/C28H30N2O2/c1-20(22-10-6-5-7-11-22)29-27(32)24-12-8-9-13-25(24)30-26(31)19-16-21-14-17-23(18-15-21)28(2,3)4/h5-20H,1-4H3,(H,29,32)(H,30,31)/b19-16+/t20-/m1/s1. The summed E-state index contributed by atoms with van der Waals surface area (Å²) >= 11 is 0. The van der Waals surface area contributed by atoms with Gasteiger partial charge in [-0.3, -0.25) is 9.59 Å². The molecule has 2 N–H and O–H groups in total. The third kappa shape index (κ3) is 6.17. The molecular formula is C28H30N2O2. The summed E-state index contributed by atoms with van der Waals surface area (Å²) in [6, 6.07) is 24.8. The summed E-state index contributed by atoms with van der Waals surface area (Å²) in [6.07, 6.45) is 3.25. The zero-order valence-corrected chi connectivity index (χ0v) is 19.1. The second-order valence-electron chi connectivity index (χ2n) is 8.85. The third-order valence-corrected chi connectivity index (χ3v) is 5.28. The molecule has 0 radical (unpaired) electrons. The Kier molecular flexibility index (Phi) is 7.26. The molecular weight excluding hydrogens is 396 g/mol. The molecule has 32 heavy (non-hydrogen) atoms. The van der Waals surface area contributed by atoms with Crippen molar-refractivity contribution in [3.8, 4) is 0 Å². The minimum atomic E-state index is -0.291. The van der Waals surface area contributed by atoms with Gasteiger partial charge < -0.3 is 10.6 Å². The predicted octanol–water partition coefficient (Wildman–Crippen LogP) is 6.13. The van der Waals surface area contributed by atoms with Crippen molar-refractivity contribution in [2.24, 2.45) is 0 Å². The van der Waals surface area contributed by atoms with Gasteiger partial charge in [0.05, 0.1) is 17.3 Å². The number of benzene rings is 3. The maximum Gasteiger partial charge on any atom is 0.253 e. The second kappa shape index (κ2) is 10.1. The van der Waals surface area contributed by atoms with E-state index < -0.39 is 0 Å². The minimum absolute atomic E-state index is 0.0852. The lowest BCUT2D eigenvalue weighted by molar-refractivity contribution is -0.111. The summed E-state index contributed by atoms with van der Waals surface area (Å²) in [7, 11) is 0. The van der Waals surface area contributed by atoms with Crippen molar-refractivity contribution >= 4 is 23.6 Å². The molecule has 0 aliphatic carbocycles. The number of amides is 2. The summed E-state index contributed by atoms with van der Waals surface area (Å²) in [5, 5.41) is 5.82. The van der Waals surface area contributed by atoms with E-state index in [9.17, 15) is 9.59 Å². The van der Waals surface area contributed by atoms with E-state index in [1.165, 1.54) is 11.6 Å². The Balaban J connectivity index is 1.67. The quantitative estimate of drug-likeness (QED) is 0.466. The fourth-order valence-corrected chi connectivity index (χ4v) is 3.33. The molecule has 0 aliphatic heterocycles. The maximum absolute atomic E-state index is 12.8. The fraction of sp³-hybridized carbons (Fsp3) is 0.214. The van der Waals surface area contributed by atoms with E-state index in [-0.39, 0.29) is 23.3 Å². The minimum Gasteiger partial charge on any atom is -0.345 e. The predicted molar refractivity (Wildman–Crippen MR) is 132 cm³/mol. The highest BCUT2D eigenvalue weighted by Gasteiger charge is 2.15. The highest BCUT2D eigenvalue weighted by Crippen LogP contribution is 2.22. The zero-order chi connectivity index (χ0) is 23.1. The Morgan fingerprint density at radius 1 is 0.844 bits per heavy atom. The highest BCUT2D eigenvalue weighted by atomic mass is 16.2. The lowest BCUT2D eigenvalue weighted by Crippen LogP contribution is -2.27. The van der Waals surface area contributed by atoms with Crippen molar-refractivity contribution in [1.82, 2.24) is 5.32 Å². The van der Waals surface area contributed by atoms with Crippen LogP contribution in [0.4, 0.5) is 5.69 Å². The van der Waals surface area contributed by atoms with Crippen LogP contribution in [0.1, 0.15) is 60.8 Å². The molecule has 0 bridgehead atoms. The molecule has 0 saturated carbocycles. The van der Waals surface area contributed by atoms with Gasteiger partial charge in [0.2, 0.25) is 5.91 Å². The Bertz CT molecular complexity index is 1090. The number of hydrogen-bond acceptors (Lipinski definition) is 2. The third-order valence-electron chi connectivity index (χ3n) is 5.28. The first kappa shape index (κ1) is 23.0. The summed E-state index contributed by atoms with van der Waals surface area (Å²) in [6.45, 7) is 8.43. The summed E-state index contributed by atoms with van der Waals surface area (Å²) in [5.74, 6) is -0.528. The van der Waals surface area contributed by atoms with Crippen LogP contribution in [-0.2, 0) is 10.2 Å². The van der Waals surface area contributed by atoms with Gasteiger partial charge >= 0.3 is 0 Å². The molecule has 0 heterocycles. The average molecular weight is 427 g/mol. The normalized spacial score (nSPS) is 12.4. The molecule has 2 amide bonds. The Morgan fingerprint density at radius 3 is 2.12 bits per heavy atom. The summed E-state index contributed by atoms with van der Waals surface area (Å²) in [4.78, 5) is 25.3. The number of para-hydroxylation sites is 1. The van der Waals surface area contributed by atoms with Crippen molar-refractivity contribution < 1.29 is 9.59 Å². The van der Waals surface area contributed by atoms with Gasteiger partial charge in [-0.05, 0) is 47.2 Å². The van der Waals surface area contributed by atoms with Crippen LogP contribution in [-0.4, -0.2) is 11.8 Å². The van der Waals surface area contributed by atoms with Gasteiger partial charge in [0.1, 0.15) is 0 Å². The van der Waals surface area contributed by atoms with Gasteiger partial charge in [0.25, 0.3) is 5.91 Å². The molecule has 3 rings (SSSR count). The Labute approximate surface area is 190 Å². The molecule has 0 unspecified atom stereocenters. The van der Waals surface area contributed by atoms with E-state index in [1.54, 1.807) is 30.3 Å². The maximum atomic E-state index is 12.8. The molecule has 4 heteroatoms. The largest absolute Gasteiger partial charge is 0.345 e. The number of nitrogens with one attached hydrogen (secondary N) is 2. The smallest absolute Gasteiger partial charge is 0.253 e. The van der Waals surface area contributed by atoms with Gasteiger partial charge in [-0.15, -0.1) is 0 Å². The molecule has 4 nitrogen and oxygen atoms in total. The number of anilines is 1. The van der Waals surface area contributed by atoms with Crippen LogP contribution in [0.2, 0.25) is 0 Å². The lowest BCUT2D eigenvalue weighted by atomic mass is 9.87. The van der Waals surface area contributed by atoms with Crippen molar-refractivity contribution in [2.75, 3.05) is 5.32 Å². The highest BCUT2D eigenvalue weighted by molar-refractivity contribution is 6.07. The number of hydrogen-bond donors (Lipinski definition) is 2. The van der Waals surface area contributed by atoms with Crippen molar-refractivity contribution in [1.29, 1.82) is 0 Å². The second-order valence-corrected chi connectivity index (χ2v) is 8.85. The van der Waals surface area contributed by atoms with Crippen molar-refractivity contribution in [3.63, 3.8) is 0 Å². The van der Waals surface area contributed by atoms with Crippen molar-refractivity contribution in [3.05, 3.63) is 107 Å². The van der Waals surface area contributed by atoms with E-state index in [0.29, 0.717) is 11.3 Å². The molecule has 0 spiro atoms. The first-order chi connectivity index (χ1) is 15.2. The van der Waals surface area contributed by atoms with Crippen LogP contribution in [0.3, 0.4) is 0 Å². The number of rotatable bonds is 6. The Morgan fingerprint density at radius 2 is 1.47 bits per heavy atom. The van der Waals surface area contributed by atoms with Gasteiger partial charge in [-0.1, -0.05) is 87.5 Å². The Hall–Kier alpha value is -3.66. The first-order valence-corrected chi connectivity index (χ1v) is 10.8. The van der Waals surface area contributed by atoms with Crippen LogP contribution in [0.5, 0.6) is 0 Å². The first-order valence-electron chi connectivity index (χ1n) is 10.8. The van der Waals surface area contributed by atoms with Gasteiger partial charge in [0, 0.05) is 6.08 Å². The summed E-state index contributed by atoms with van der Waals surface area (Å²) in [5.41, 5.74) is 4.18.